The van der Waals surface area contributed by atoms with Gasteiger partial charge in [0.2, 0.25) is 5.78 Å². The summed E-state index contributed by atoms with van der Waals surface area (Å²) in [5, 5.41) is 0.743. The number of benzene rings is 3. The highest BCUT2D eigenvalue weighted by molar-refractivity contribution is 6.18. The molecule has 0 saturated carbocycles. The Morgan fingerprint density at radius 1 is 0.857 bits per heavy atom. The maximum Gasteiger partial charge on any atom is 0.229 e. The number of hydrogen-bond donors (Lipinski definition) is 0. The third-order valence-electron chi connectivity index (χ3n) is 6.67. The second-order valence-electron chi connectivity index (χ2n) is 9.61. The molecule has 0 amide bonds. The Morgan fingerprint density at radius 3 is 2.31 bits per heavy atom. The second kappa shape index (κ2) is 14.3. The van der Waals surface area contributed by atoms with Crippen LogP contribution in [-0.4, -0.2) is 57.9 Å². The first-order valence-corrected chi connectivity index (χ1v) is 14.4. The smallest absolute Gasteiger partial charge is 0.229 e. The van der Waals surface area contributed by atoms with E-state index in [1.807, 2.05) is 61.5 Å². The van der Waals surface area contributed by atoms with Crippen LogP contribution in [0.3, 0.4) is 0 Å². The van der Waals surface area contributed by atoms with Crippen molar-refractivity contribution in [2.45, 2.75) is 6.92 Å². The number of carbonyl (C=O) groups is 1. The summed E-state index contributed by atoms with van der Waals surface area (Å²) >= 11 is 5.56. The van der Waals surface area contributed by atoms with Crippen LogP contribution < -0.4 is 9.47 Å². The molecule has 7 nitrogen and oxygen atoms in total. The van der Waals surface area contributed by atoms with Crippen molar-refractivity contribution in [3.63, 3.8) is 0 Å². The summed E-state index contributed by atoms with van der Waals surface area (Å²) < 4.78 is 34.5. The van der Waals surface area contributed by atoms with Gasteiger partial charge in [-0.2, -0.15) is 0 Å². The van der Waals surface area contributed by atoms with Crippen molar-refractivity contribution >= 4 is 33.9 Å². The van der Waals surface area contributed by atoms with E-state index in [1.54, 1.807) is 18.2 Å². The predicted molar refractivity (Wildman–Crippen MR) is 164 cm³/mol. The summed E-state index contributed by atoms with van der Waals surface area (Å²) in [6.07, 6.45) is 1.90. The van der Waals surface area contributed by atoms with Gasteiger partial charge in [-0.15, -0.1) is 11.6 Å². The van der Waals surface area contributed by atoms with Crippen LogP contribution in [0.15, 0.2) is 89.6 Å². The summed E-state index contributed by atoms with van der Waals surface area (Å²) in [7, 11) is 0. The number of fused-ring (bicyclic) bond motifs is 3. The molecule has 1 aromatic heterocycles. The largest absolute Gasteiger partial charge is 0.491 e. The number of hydrogen-bond acceptors (Lipinski definition) is 7. The maximum absolute atomic E-state index is 13.9. The molecule has 0 unspecified atom stereocenters. The van der Waals surface area contributed by atoms with Crippen LogP contribution in [0.2, 0.25) is 0 Å². The molecule has 1 aliphatic rings. The molecule has 0 spiro atoms. The number of rotatable bonds is 15. The van der Waals surface area contributed by atoms with Gasteiger partial charge in [-0.1, -0.05) is 49.0 Å². The SMILES string of the molecule is C=C1C=C(C)c2ccc3oc(C(=O)c4cccc(OCCOCCOCCOCCCl)c4)c(-c4ccccc4)c3c2O1. The van der Waals surface area contributed by atoms with Crippen LogP contribution in [0, 0.1) is 0 Å². The van der Waals surface area contributed by atoms with Gasteiger partial charge < -0.3 is 28.1 Å². The summed E-state index contributed by atoms with van der Waals surface area (Å²) in [6.45, 7) is 9.16. The Kier molecular flexibility index (Phi) is 10.1. The third kappa shape index (κ3) is 6.94. The summed E-state index contributed by atoms with van der Waals surface area (Å²) in [6, 6.07) is 20.6. The van der Waals surface area contributed by atoms with Gasteiger partial charge in [0.05, 0.1) is 45.0 Å². The minimum absolute atomic E-state index is 0.236. The molecule has 5 rings (SSSR count). The average molecular weight is 589 g/mol. The zero-order valence-corrected chi connectivity index (χ0v) is 24.3. The first-order chi connectivity index (χ1) is 20.6. The minimum Gasteiger partial charge on any atom is -0.491 e. The lowest BCUT2D eigenvalue weighted by atomic mass is 9.94. The molecular formula is C34H33ClO7. The third-order valence-corrected chi connectivity index (χ3v) is 6.83. The molecule has 0 radical (unpaired) electrons. The van der Waals surface area contributed by atoms with E-state index >= 15 is 0 Å². The van der Waals surface area contributed by atoms with Crippen molar-refractivity contribution in [2.75, 3.05) is 52.1 Å². The van der Waals surface area contributed by atoms with E-state index in [0.717, 1.165) is 22.1 Å². The Hall–Kier alpha value is -3.88. The lowest BCUT2D eigenvalue weighted by Gasteiger charge is -2.18. The van der Waals surface area contributed by atoms with E-state index in [9.17, 15) is 4.79 Å². The van der Waals surface area contributed by atoms with Crippen molar-refractivity contribution in [3.05, 3.63) is 102 Å². The van der Waals surface area contributed by atoms with Gasteiger partial charge >= 0.3 is 0 Å². The molecule has 218 valence electrons. The number of halogens is 1. The van der Waals surface area contributed by atoms with Gasteiger partial charge in [-0.05, 0) is 48.4 Å². The van der Waals surface area contributed by atoms with E-state index < -0.39 is 0 Å². The number of allylic oxidation sites excluding steroid dienone is 2. The quantitative estimate of drug-likeness (QED) is 0.0818. The molecule has 3 aromatic carbocycles. The highest BCUT2D eigenvalue weighted by Crippen LogP contribution is 2.46. The van der Waals surface area contributed by atoms with Gasteiger partial charge in [0.25, 0.3) is 0 Å². The number of ether oxygens (including phenoxy) is 5. The fourth-order valence-electron chi connectivity index (χ4n) is 4.77. The Morgan fingerprint density at radius 2 is 1.57 bits per heavy atom. The second-order valence-corrected chi connectivity index (χ2v) is 9.99. The number of alkyl halides is 1. The molecule has 0 bridgehead atoms. The summed E-state index contributed by atoms with van der Waals surface area (Å²) in [4.78, 5) is 13.9. The van der Waals surface area contributed by atoms with Crippen LogP contribution in [0.25, 0.3) is 27.7 Å². The lowest BCUT2D eigenvalue weighted by Crippen LogP contribution is -2.13. The molecule has 0 aliphatic carbocycles. The highest BCUT2D eigenvalue weighted by Gasteiger charge is 2.28. The Balaban J connectivity index is 1.30. The summed E-state index contributed by atoms with van der Waals surface area (Å²) in [5.74, 6) is 2.19. The van der Waals surface area contributed by atoms with E-state index in [4.69, 9.17) is 39.7 Å². The van der Waals surface area contributed by atoms with Crippen molar-refractivity contribution in [1.29, 1.82) is 0 Å². The van der Waals surface area contributed by atoms with Crippen molar-refractivity contribution in [2.24, 2.45) is 0 Å². The van der Waals surface area contributed by atoms with Crippen LogP contribution in [0.5, 0.6) is 11.5 Å². The summed E-state index contributed by atoms with van der Waals surface area (Å²) in [5.41, 5.74) is 4.52. The van der Waals surface area contributed by atoms with Crippen LogP contribution in [0.4, 0.5) is 0 Å². The minimum atomic E-state index is -0.255. The molecule has 42 heavy (non-hydrogen) atoms. The lowest BCUT2D eigenvalue weighted by molar-refractivity contribution is 0.0117. The molecule has 4 aromatic rings. The number of carbonyl (C=O) groups excluding carboxylic acids is 1. The highest BCUT2D eigenvalue weighted by atomic mass is 35.5. The molecule has 0 atom stereocenters. The van der Waals surface area contributed by atoms with E-state index in [0.29, 0.717) is 86.1 Å². The fourth-order valence-corrected chi connectivity index (χ4v) is 4.88. The molecule has 0 saturated heterocycles. The predicted octanol–water partition coefficient (Wildman–Crippen LogP) is 7.31. The normalized spacial score (nSPS) is 12.6. The molecular weight excluding hydrogens is 556 g/mol. The van der Waals surface area contributed by atoms with Gasteiger partial charge in [0, 0.05) is 22.6 Å². The van der Waals surface area contributed by atoms with Crippen LogP contribution in [0.1, 0.15) is 28.6 Å². The molecule has 1 aliphatic heterocycles. The fraction of sp³-hybridized carbons (Fsp3) is 0.265. The van der Waals surface area contributed by atoms with Crippen LogP contribution in [-0.2, 0) is 14.2 Å². The number of ketones is 1. The van der Waals surface area contributed by atoms with Gasteiger partial charge in [-0.3, -0.25) is 4.79 Å². The van der Waals surface area contributed by atoms with Crippen molar-refractivity contribution in [1.82, 2.24) is 0 Å². The standard InChI is InChI=1S/C34H33ClO7/c1-23-21-24(2)41-33-28(23)11-12-29-31(33)30(25-7-4-3-5-8-25)34(42-29)32(36)26-9-6-10-27(22-26)40-20-19-39-18-17-38-16-15-37-14-13-35/h3-12,21-22H,2,13-20H2,1H3. The number of furan rings is 1. The monoisotopic (exact) mass is 588 g/mol. The Bertz CT molecular complexity index is 1570. The van der Waals surface area contributed by atoms with E-state index in [2.05, 4.69) is 6.58 Å². The van der Waals surface area contributed by atoms with Gasteiger partial charge in [0.1, 0.15) is 29.4 Å². The average Bonchev–Trinajstić information content (AvgIpc) is 3.40. The Labute approximate surface area is 250 Å². The zero-order chi connectivity index (χ0) is 29.3. The van der Waals surface area contributed by atoms with Gasteiger partial charge in [-0.25, -0.2) is 0 Å². The molecule has 8 heteroatoms. The van der Waals surface area contributed by atoms with Crippen LogP contribution >= 0.6 is 11.6 Å². The van der Waals surface area contributed by atoms with Gasteiger partial charge in [0.15, 0.2) is 5.76 Å². The molecule has 2 heterocycles. The van der Waals surface area contributed by atoms with Crippen molar-refractivity contribution < 1.29 is 32.9 Å². The molecule has 0 fully saturated rings. The van der Waals surface area contributed by atoms with Crippen molar-refractivity contribution in [3.8, 4) is 22.6 Å². The first-order valence-electron chi connectivity index (χ1n) is 13.8. The molecule has 0 N–H and O–H groups in total. The maximum atomic E-state index is 13.9. The topological polar surface area (TPSA) is 76.4 Å². The zero-order valence-electron chi connectivity index (χ0n) is 23.5. The van der Waals surface area contributed by atoms with E-state index in [-0.39, 0.29) is 11.5 Å². The van der Waals surface area contributed by atoms with E-state index in [1.165, 1.54) is 0 Å². The first kappa shape index (κ1) is 29.6.